The molecule has 0 aliphatic carbocycles. The molecular weight excluding hydrogens is 367 g/mol. The van der Waals surface area contributed by atoms with Crippen molar-refractivity contribution in [3.8, 4) is 5.75 Å². The van der Waals surface area contributed by atoms with E-state index in [-0.39, 0.29) is 17.5 Å². The maximum Gasteiger partial charge on any atom is 0.240 e. The van der Waals surface area contributed by atoms with Crippen molar-refractivity contribution >= 4 is 10.0 Å². The Hall–Kier alpha value is -1.96. The maximum absolute atomic E-state index is 13.1. The average molecular weight is 392 g/mol. The zero-order chi connectivity index (χ0) is 19.3. The molecule has 0 unspecified atom stereocenters. The number of ether oxygens (including phenoxy) is 1. The molecule has 5 nitrogen and oxygen atoms in total. The number of rotatable bonds is 7. The molecule has 3 rings (SSSR count). The fraction of sp³-hybridized carbons (Fsp3) is 0.400. The first-order valence-electron chi connectivity index (χ1n) is 9.13. The summed E-state index contributed by atoms with van der Waals surface area (Å²) in [5, 5.41) is 0. The zero-order valence-corrected chi connectivity index (χ0v) is 16.2. The average Bonchev–Trinajstić information content (AvgIpc) is 2.70. The molecule has 146 valence electrons. The number of piperidine rings is 1. The predicted molar refractivity (Wildman–Crippen MR) is 103 cm³/mol. The summed E-state index contributed by atoms with van der Waals surface area (Å²) in [5.74, 6) is 0.307. The summed E-state index contributed by atoms with van der Waals surface area (Å²) in [5.41, 5.74) is 1.04. The number of nitrogens with one attached hydrogen (secondary N) is 1. The third kappa shape index (κ3) is 5.06. The molecule has 1 aliphatic heterocycles. The second-order valence-corrected chi connectivity index (χ2v) is 8.46. The minimum absolute atomic E-state index is 0.0635. The molecule has 7 heteroatoms. The molecule has 0 spiro atoms. The van der Waals surface area contributed by atoms with Crippen molar-refractivity contribution in [2.75, 3.05) is 26.7 Å². The molecule has 1 heterocycles. The fourth-order valence-electron chi connectivity index (χ4n) is 3.40. The van der Waals surface area contributed by atoms with E-state index in [1.165, 1.54) is 18.6 Å². The van der Waals surface area contributed by atoms with Crippen molar-refractivity contribution in [3.63, 3.8) is 0 Å². The summed E-state index contributed by atoms with van der Waals surface area (Å²) in [6.07, 6.45) is 3.42. The maximum atomic E-state index is 13.1. The highest BCUT2D eigenvalue weighted by molar-refractivity contribution is 7.89. The summed E-state index contributed by atoms with van der Waals surface area (Å²) in [6, 6.07) is 12.5. The largest absolute Gasteiger partial charge is 0.497 e. The molecule has 1 atom stereocenters. The van der Waals surface area contributed by atoms with Crippen molar-refractivity contribution in [2.24, 2.45) is 0 Å². The lowest BCUT2D eigenvalue weighted by Gasteiger charge is -2.35. The van der Waals surface area contributed by atoms with E-state index in [4.69, 9.17) is 4.74 Å². The Morgan fingerprint density at radius 1 is 1.04 bits per heavy atom. The highest BCUT2D eigenvalue weighted by atomic mass is 32.2. The standard InChI is InChI=1S/C20H25FN2O3S/c1-26-18-9-5-16(6-10-18)20(23-13-3-2-4-14-23)15-22-27(24,25)19-11-7-17(21)8-12-19/h5-12,20,22H,2-4,13-15H2,1H3/t20-/m0/s1. The highest BCUT2D eigenvalue weighted by Crippen LogP contribution is 2.26. The predicted octanol–water partition coefficient (Wildman–Crippen LogP) is 3.34. The van der Waals surface area contributed by atoms with Crippen LogP contribution in [-0.2, 0) is 10.0 Å². The Bertz CT molecular complexity index is 833. The molecule has 0 amide bonds. The van der Waals surface area contributed by atoms with E-state index in [0.29, 0.717) is 0 Å². The van der Waals surface area contributed by atoms with Crippen LogP contribution in [0.4, 0.5) is 4.39 Å². The van der Waals surface area contributed by atoms with Gasteiger partial charge in [-0.15, -0.1) is 0 Å². The van der Waals surface area contributed by atoms with E-state index >= 15 is 0 Å². The van der Waals surface area contributed by atoms with Gasteiger partial charge in [0.05, 0.1) is 12.0 Å². The van der Waals surface area contributed by atoms with Crippen LogP contribution in [0.15, 0.2) is 53.4 Å². The third-order valence-corrected chi connectivity index (χ3v) is 6.36. The molecule has 1 fully saturated rings. The van der Waals surface area contributed by atoms with Crippen molar-refractivity contribution in [1.82, 2.24) is 9.62 Å². The molecule has 1 saturated heterocycles. The smallest absolute Gasteiger partial charge is 0.240 e. The van der Waals surface area contributed by atoms with Gasteiger partial charge in [0.25, 0.3) is 0 Å². The molecule has 1 aliphatic rings. The molecular formula is C20H25FN2O3S. The van der Waals surface area contributed by atoms with Gasteiger partial charge in [-0.1, -0.05) is 18.6 Å². The van der Waals surface area contributed by atoms with Gasteiger partial charge in [0.15, 0.2) is 0 Å². The van der Waals surface area contributed by atoms with Crippen LogP contribution in [0.5, 0.6) is 5.75 Å². The Labute approximate surface area is 160 Å². The molecule has 2 aromatic carbocycles. The summed E-state index contributed by atoms with van der Waals surface area (Å²) in [7, 11) is -2.08. The van der Waals surface area contributed by atoms with Gasteiger partial charge in [-0.2, -0.15) is 0 Å². The van der Waals surface area contributed by atoms with Gasteiger partial charge in [0.1, 0.15) is 11.6 Å². The van der Waals surface area contributed by atoms with Gasteiger partial charge < -0.3 is 4.74 Å². The molecule has 0 aromatic heterocycles. The summed E-state index contributed by atoms with van der Waals surface area (Å²) in [4.78, 5) is 2.38. The molecule has 2 aromatic rings. The van der Waals surface area contributed by atoms with Crippen LogP contribution in [0.1, 0.15) is 30.9 Å². The zero-order valence-electron chi connectivity index (χ0n) is 15.4. The third-order valence-electron chi connectivity index (χ3n) is 4.92. The lowest BCUT2D eigenvalue weighted by Crippen LogP contribution is -2.40. The van der Waals surface area contributed by atoms with Gasteiger partial charge >= 0.3 is 0 Å². The van der Waals surface area contributed by atoms with Crippen LogP contribution >= 0.6 is 0 Å². The van der Waals surface area contributed by atoms with Crippen LogP contribution in [0.25, 0.3) is 0 Å². The fourth-order valence-corrected chi connectivity index (χ4v) is 4.44. The summed E-state index contributed by atoms with van der Waals surface area (Å²) in [6.45, 7) is 2.13. The van der Waals surface area contributed by atoms with E-state index in [9.17, 15) is 12.8 Å². The number of methoxy groups -OCH3 is 1. The molecule has 0 bridgehead atoms. The summed E-state index contributed by atoms with van der Waals surface area (Å²) >= 11 is 0. The first-order chi connectivity index (χ1) is 13.0. The second kappa shape index (κ2) is 8.82. The van der Waals surface area contributed by atoms with Gasteiger partial charge in [0.2, 0.25) is 10.0 Å². The Morgan fingerprint density at radius 2 is 1.67 bits per heavy atom. The second-order valence-electron chi connectivity index (χ2n) is 6.69. The monoisotopic (exact) mass is 392 g/mol. The molecule has 0 radical (unpaired) electrons. The number of hydrogen-bond acceptors (Lipinski definition) is 4. The van der Waals surface area contributed by atoms with E-state index in [1.807, 2.05) is 24.3 Å². The lowest BCUT2D eigenvalue weighted by molar-refractivity contribution is 0.164. The minimum atomic E-state index is -3.70. The van der Waals surface area contributed by atoms with Crippen LogP contribution in [0.2, 0.25) is 0 Å². The number of benzene rings is 2. The summed E-state index contributed by atoms with van der Waals surface area (Å²) < 4.78 is 46.2. The minimum Gasteiger partial charge on any atom is -0.497 e. The van der Waals surface area contributed by atoms with Crippen LogP contribution in [0.3, 0.4) is 0 Å². The first-order valence-corrected chi connectivity index (χ1v) is 10.6. The normalized spacial score (nSPS) is 16.8. The van der Waals surface area contributed by atoms with Gasteiger partial charge in [-0.05, 0) is 67.9 Å². The topological polar surface area (TPSA) is 58.6 Å². The van der Waals surface area contributed by atoms with Gasteiger partial charge in [0, 0.05) is 12.6 Å². The van der Waals surface area contributed by atoms with Crippen LogP contribution in [-0.4, -0.2) is 40.1 Å². The van der Waals surface area contributed by atoms with Crippen LogP contribution < -0.4 is 9.46 Å². The van der Waals surface area contributed by atoms with E-state index in [1.54, 1.807) is 7.11 Å². The number of hydrogen-bond donors (Lipinski definition) is 1. The number of halogens is 1. The highest BCUT2D eigenvalue weighted by Gasteiger charge is 2.25. The number of nitrogens with zero attached hydrogens (tertiary/aromatic N) is 1. The van der Waals surface area contributed by atoms with Crippen molar-refractivity contribution < 1.29 is 17.5 Å². The van der Waals surface area contributed by atoms with E-state index in [2.05, 4.69) is 9.62 Å². The quantitative estimate of drug-likeness (QED) is 0.785. The molecule has 1 N–H and O–H groups in total. The Balaban J connectivity index is 1.78. The first kappa shape index (κ1) is 19.8. The Kier molecular flexibility index (Phi) is 6.46. The lowest BCUT2D eigenvalue weighted by atomic mass is 10.0. The van der Waals surface area contributed by atoms with Crippen molar-refractivity contribution in [2.45, 2.75) is 30.2 Å². The van der Waals surface area contributed by atoms with Crippen molar-refractivity contribution in [1.29, 1.82) is 0 Å². The SMILES string of the molecule is COc1ccc([C@H](CNS(=O)(=O)c2ccc(F)cc2)N2CCCCC2)cc1. The van der Waals surface area contributed by atoms with Gasteiger partial charge in [-0.25, -0.2) is 17.5 Å². The molecule has 27 heavy (non-hydrogen) atoms. The van der Waals surface area contributed by atoms with Crippen LogP contribution in [0, 0.1) is 5.82 Å². The number of likely N-dealkylation sites (tertiary alicyclic amines) is 1. The molecule has 0 saturated carbocycles. The number of sulfonamides is 1. The van der Waals surface area contributed by atoms with E-state index < -0.39 is 15.8 Å². The van der Waals surface area contributed by atoms with Crippen molar-refractivity contribution in [3.05, 3.63) is 59.9 Å². The van der Waals surface area contributed by atoms with E-state index in [0.717, 1.165) is 49.4 Å². The van der Waals surface area contributed by atoms with Gasteiger partial charge in [-0.3, -0.25) is 4.90 Å². The Morgan fingerprint density at radius 3 is 2.26 bits per heavy atom.